The largest absolute Gasteiger partial charge is 0.482 e. The van der Waals surface area contributed by atoms with Crippen LogP contribution in [0.1, 0.15) is 5.56 Å². The standard InChI is InChI=1S/C13H12N2O3/c14-15-7-9-1-2-11-6-12(18-8-13(16)17)4-3-10(11)5-9/h1-7H,8,14H2,(H,16,17). The Bertz CT molecular complexity index is 608. The SMILES string of the molecule is NN=Cc1ccc2cc(OCC(=O)O)ccc2c1. The first-order chi connectivity index (χ1) is 8.69. The molecule has 0 aliphatic heterocycles. The van der Waals surface area contributed by atoms with Gasteiger partial charge in [0.25, 0.3) is 0 Å². The van der Waals surface area contributed by atoms with Crippen molar-refractivity contribution < 1.29 is 14.6 Å². The molecule has 92 valence electrons. The molecule has 0 heterocycles. The van der Waals surface area contributed by atoms with Crippen LogP contribution in [0.4, 0.5) is 0 Å². The molecule has 0 saturated carbocycles. The summed E-state index contributed by atoms with van der Waals surface area (Å²) in [6, 6.07) is 11.1. The summed E-state index contributed by atoms with van der Waals surface area (Å²) in [5.41, 5.74) is 0.907. The van der Waals surface area contributed by atoms with Crippen LogP contribution in [-0.2, 0) is 4.79 Å². The molecule has 0 aliphatic rings. The number of carbonyl (C=O) groups is 1. The maximum absolute atomic E-state index is 10.4. The van der Waals surface area contributed by atoms with E-state index in [-0.39, 0.29) is 6.61 Å². The summed E-state index contributed by atoms with van der Waals surface area (Å²) in [5, 5.41) is 14.0. The predicted octanol–water partition coefficient (Wildman–Crippen LogP) is 1.60. The normalized spacial score (nSPS) is 10.9. The molecular formula is C13H12N2O3. The third-order valence-electron chi connectivity index (χ3n) is 2.42. The minimum atomic E-state index is -0.996. The maximum atomic E-state index is 10.4. The van der Waals surface area contributed by atoms with E-state index in [1.807, 2.05) is 24.3 Å². The Labute approximate surface area is 103 Å². The van der Waals surface area contributed by atoms with E-state index in [2.05, 4.69) is 5.10 Å². The van der Waals surface area contributed by atoms with Crippen LogP contribution in [0.2, 0.25) is 0 Å². The number of hydrogen-bond donors (Lipinski definition) is 2. The number of fused-ring (bicyclic) bond motifs is 1. The molecule has 0 atom stereocenters. The Balaban J connectivity index is 2.29. The lowest BCUT2D eigenvalue weighted by atomic mass is 10.1. The molecule has 2 rings (SSSR count). The minimum Gasteiger partial charge on any atom is -0.482 e. The van der Waals surface area contributed by atoms with Gasteiger partial charge in [-0.2, -0.15) is 5.10 Å². The fourth-order valence-electron chi connectivity index (χ4n) is 1.64. The quantitative estimate of drug-likeness (QED) is 0.486. The molecule has 0 amide bonds. The van der Waals surface area contributed by atoms with Gasteiger partial charge in [0.05, 0.1) is 6.21 Å². The number of hydrazone groups is 1. The first-order valence-corrected chi connectivity index (χ1v) is 5.31. The van der Waals surface area contributed by atoms with Crippen molar-refractivity contribution in [2.75, 3.05) is 6.61 Å². The number of nitrogens with zero attached hydrogens (tertiary/aromatic N) is 1. The highest BCUT2D eigenvalue weighted by molar-refractivity contribution is 5.91. The van der Waals surface area contributed by atoms with E-state index in [0.717, 1.165) is 16.3 Å². The van der Waals surface area contributed by atoms with Gasteiger partial charge in [0.15, 0.2) is 6.61 Å². The number of rotatable bonds is 4. The Hall–Kier alpha value is -2.56. The van der Waals surface area contributed by atoms with Gasteiger partial charge in [-0.05, 0) is 34.5 Å². The fourth-order valence-corrected chi connectivity index (χ4v) is 1.64. The Morgan fingerprint density at radius 3 is 2.72 bits per heavy atom. The molecular weight excluding hydrogens is 232 g/mol. The van der Waals surface area contributed by atoms with Crippen molar-refractivity contribution in [3.63, 3.8) is 0 Å². The van der Waals surface area contributed by atoms with Crippen LogP contribution in [0.15, 0.2) is 41.5 Å². The predicted molar refractivity (Wildman–Crippen MR) is 68.9 cm³/mol. The molecule has 0 saturated heterocycles. The molecule has 5 nitrogen and oxygen atoms in total. The van der Waals surface area contributed by atoms with E-state index in [9.17, 15) is 4.79 Å². The Kier molecular flexibility index (Phi) is 3.43. The van der Waals surface area contributed by atoms with Crippen LogP contribution in [-0.4, -0.2) is 23.9 Å². The summed E-state index contributed by atoms with van der Waals surface area (Å²) in [4.78, 5) is 10.4. The summed E-state index contributed by atoms with van der Waals surface area (Å²) in [6.07, 6.45) is 1.56. The van der Waals surface area contributed by atoms with Crippen LogP contribution in [0.5, 0.6) is 5.75 Å². The number of ether oxygens (including phenoxy) is 1. The van der Waals surface area contributed by atoms with Gasteiger partial charge in [-0.3, -0.25) is 0 Å². The van der Waals surface area contributed by atoms with Gasteiger partial charge in [-0.25, -0.2) is 4.79 Å². The maximum Gasteiger partial charge on any atom is 0.341 e. The van der Waals surface area contributed by atoms with Gasteiger partial charge in [-0.1, -0.05) is 18.2 Å². The van der Waals surface area contributed by atoms with Crippen molar-refractivity contribution in [1.82, 2.24) is 0 Å². The molecule has 0 aliphatic carbocycles. The van der Waals surface area contributed by atoms with Gasteiger partial charge in [0.1, 0.15) is 5.75 Å². The highest BCUT2D eigenvalue weighted by atomic mass is 16.5. The average molecular weight is 244 g/mol. The number of carboxylic acids is 1. The van der Waals surface area contributed by atoms with Gasteiger partial charge in [0, 0.05) is 0 Å². The lowest BCUT2D eigenvalue weighted by Crippen LogP contribution is -2.09. The lowest BCUT2D eigenvalue weighted by molar-refractivity contribution is -0.139. The van der Waals surface area contributed by atoms with Crippen molar-refractivity contribution in [2.45, 2.75) is 0 Å². The summed E-state index contributed by atoms with van der Waals surface area (Å²) >= 11 is 0. The third kappa shape index (κ3) is 2.76. The van der Waals surface area contributed by atoms with Gasteiger partial charge in [-0.15, -0.1) is 0 Å². The van der Waals surface area contributed by atoms with Crippen LogP contribution in [0, 0.1) is 0 Å². The van der Waals surface area contributed by atoms with Crippen molar-refractivity contribution in [2.24, 2.45) is 10.9 Å². The average Bonchev–Trinajstić information content (AvgIpc) is 2.36. The summed E-state index contributed by atoms with van der Waals surface area (Å²) in [5.74, 6) is 4.63. The molecule has 0 fully saturated rings. The van der Waals surface area contributed by atoms with E-state index < -0.39 is 5.97 Å². The number of nitrogens with two attached hydrogens (primary N) is 1. The van der Waals surface area contributed by atoms with Gasteiger partial charge < -0.3 is 15.7 Å². The molecule has 0 bridgehead atoms. The van der Waals surface area contributed by atoms with Crippen molar-refractivity contribution >= 4 is 23.0 Å². The van der Waals surface area contributed by atoms with Crippen LogP contribution in [0.25, 0.3) is 10.8 Å². The molecule has 3 N–H and O–H groups in total. The lowest BCUT2D eigenvalue weighted by Gasteiger charge is -2.05. The monoisotopic (exact) mass is 244 g/mol. The summed E-state index contributed by atoms with van der Waals surface area (Å²) in [6.45, 7) is -0.344. The molecule has 0 aromatic heterocycles. The van der Waals surface area contributed by atoms with Crippen molar-refractivity contribution in [1.29, 1.82) is 0 Å². The van der Waals surface area contributed by atoms with Crippen LogP contribution in [0.3, 0.4) is 0 Å². The van der Waals surface area contributed by atoms with E-state index in [0.29, 0.717) is 5.75 Å². The highest BCUT2D eigenvalue weighted by Gasteiger charge is 2.01. The highest BCUT2D eigenvalue weighted by Crippen LogP contribution is 2.21. The van der Waals surface area contributed by atoms with Crippen LogP contribution >= 0.6 is 0 Å². The molecule has 18 heavy (non-hydrogen) atoms. The molecule has 5 heteroatoms. The molecule has 2 aromatic carbocycles. The first kappa shape index (κ1) is 11.9. The zero-order valence-electron chi connectivity index (χ0n) is 9.54. The van der Waals surface area contributed by atoms with E-state index in [1.54, 1.807) is 18.3 Å². The van der Waals surface area contributed by atoms with Gasteiger partial charge >= 0.3 is 5.97 Å². The summed E-state index contributed by atoms with van der Waals surface area (Å²) in [7, 11) is 0. The number of hydrogen-bond acceptors (Lipinski definition) is 4. The van der Waals surface area contributed by atoms with E-state index in [1.165, 1.54) is 0 Å². The molecule has 0 unspecified atom stereocenters. The van der Waals surface area contributed by atoms with Crippen LogP contribution < -0.4 is 10.6 Å². The number of aliphatic carboxylic acids is 1. The minimum absolute atomic E-state index is 0.344. The third-order valence-corrected chi connectivity index (χ3v) is 2.42. The number of carboxylic acid groups (broad SMARTS) is 1. The van der Waals surface area contributed by atoms with Crippen molar-refractivity contribution in [3.05, 3.63) is 42.0 Å². The first-order valence-electron chi connectivity index (χ1n) is 5.31. The Morgan fingerprint density at radius 2 is 2.00 bits per heavy atom. The second kappa shape index (κ2) is 5.18. The topological polar surface area (TPSA) is 84.9 Å². The second-order valence-electron chi connectivity index (χ2n) is 3.73. The van der Waals surface area contributed by atoms with E-state index in [4.69, 9.17) is 15.7 Å². The van der Waals surface area contributed by atoms with Crippen molar-refractivity contribution in [3.8, 4) is 5.75 Å². The fraction of sp³-hybridized carbons (Fsp3) is 0.0769. The zero-order valence-corrected chi connectivity index (χ0v) is 9.54. The number of benzene rings is 2. The summed E-state index contributed by atoms with van der Waals surface area (Å²) < 4.78 is 5.11. The second-order valence-corrected chi connectivity index (χ2v) is 3.73. The molecule has 0 radical (unpaired) electrons. The van der Waals surface area contributed by atoms with E-state index >= 15 is 0 Å². The van der Waals surface area contributed by atoms with Gasteiger partial charge in [0.2, 0.25) is 0 Å². The molecule has 2 aromatic rings. The zero-order chi connectivity index (χ0) is 13.0. The Morgan fingerprint density at radius 1 is 1.28 bits per heavy atom. The molecule has 0 spiro atoms. The smallest absolute Gasteiger partial charge is 0.341 e.